The molecule has 0 radical (unpaired) electrons. The van der Waals surface area contributed by atoms with Crippen LogP contribution in [0, 0.1) is 5.92 Å². The Morgan fingerprint density at radius 1 is 1.38 bits per heavy atom. The van der Waals surface area contributed by atoms with Gasteiger partial charge in [-0.15, -0.1) is 0 Å². The molecule has 0 spiro atoms. The molecule has 26 heavy (non-hydrogen) atoms. The molecule has 1 aromatic heterocycles. The molecule has 0 aliphatic carbocycles. The van der Waals surface area contributed by atoms with Crippen LogP contribution >= 0.6 is 0 Å². The van der Waals surface area contributed by atoms with E-state index in [2.05, 4.69) is 21.0 Å². The van der Waals surface area contributed by atoms with Crippen LogP contribution in [0.1, 0.15) is 18.4 Å². The summed E-state index contributed by atoms with van der Waals surface area (Å²) in [5.41, 5.74) is 2.25. The molecule has 8 nitrogen and oxygen atoms in total. The molecule has 8 heteroatoms. The maximum atomic E-state index is 12.8. The molecule has 2 aliphatic heterocycles. The van der Waals surface area contributed by atoms with E-state index >= 15 is 0 Å². The van der Waals surface area contributed by atoms with Crippen LogP contribution in [-0.2, 0) is 16.6 Å². The van der Waals surface area contributed by atoms with Crippen molar-refractivity contribution in [2.75, 3.05) is 23.7 Å². The molecule has 4 rings (SSSR count). The fraction of sp³-hybridized carbons (Fsp3) is 0.389. The van der Waals surface area contributed by atoms with Crippen LogP contribution in [0.3, 0.4) is 0 Å². The molecule has 1 fully saturated rings. The highest BCUT2D eigenvalue weighted by molar-refractivity contribution is 5.99. The topological polar surface area (TPSA) is 97.3 Å². The number of hydrogen-bond donors (Lipinski definition) is 3. The second-order valence-corrected chi connectivity index (χ2v) is 6.77. The van der Waals surface area contributed by atoms with Crippen molar-refractivity contribution in [3.63, 3.8) is 0 Å². The maximum Gasteiger partial charge on any atom is 0.265 e. The molecule has 136 valence electrons. The molecule has 2 amide bonds. The van der Waals surface area contributed by atoms with Gasteiger partial charge in [-0.25, -0.2) is 0 Å². The van der Waals surface area contributed by atoms with Gasteiger partial charge in [0, 0.05) is 37.9 Å². The van der Waals surface area contributed by atoms with E-state index in [1.165, 1.54) is 0 Å². The predicted octanol–water partition coefficient (Wildman–Crippen LogP) is 1.08. The highest BCUT2D eigenvalue weighted by Gasteiger charge is 2.35. The number of anilines is 2. The summed E-state index contributed by atoms with van der Waals surface area (Å²) in [6.45, 7) is 3.06. The lowest BCUT2D eigenvalue weighted by atomic mass is 9.90. The summed E-state index contributed by atoms with van der Waals surface area (Å²) < 4.78 is 7.28. The number of ether oxygens (including phenoxy) is 1. The van der Waals surface area contributed by atoms with E-state index in [1.54, 1.807) is 29.8 Å². The molecule has 3 atom stereocenters. The zero-order chi connectivity index (χ0) is 18.3. The summed E-state index contributed by atoms with van der Waals surface area (Å²) >= 11 is 0. The number of rotatable bonds is 3. The van der Waals surface area contributed by atoms with Crippen LogP contribution in [0.15, 0.2) is 30.6 Å². The van der Waals surface area contributed by atoms with Crippen molar-refractivity contribution in [1.29, 1.82) is 0 Å². The van der Waals surface area contributed by atoms with Crippen molar-refractivity contribution >= 4 is 23.2 Å². The lowest BCUT2D eigenvalue weighted by Gasteiger charge is -2.24. The van der Waals surface area contributed by atoms with E-state index in [0.29, 0.717) is 23.7 Å². The van der Waals surface area contributed by atoms with Crippen molar-refractivity contribution in [3.8, 4) is 5.75 Å². The first-order chi connectivity index (χ1) is 12.5. The molecular weight excluding hydrogens is 334 g/mol. The summed E-state index contributed by atoms with van der Waals surface area (Å²) in [5.74, 6) is 0.259. The van der Waals surface area contributed by atoms with Gasteiger partial charge in [0.05, 0.1) is 17.8 Å². The number of aryl methyl sites for hydroxylation is 1. The van der Waals surface area contributed by atoms with Gasteiger partial charge >= 0.3 is 0 Å². The minimum absolute atomic E-state index is 0.0553. The third kappa shape index (κ3) is 3.03. The van der Waals surface area contributed by atoms with E-state index < -0.39 is 6.10 Å². The number of carbonyl (C=O) groups excluding carboxylic acids is 2. The van der Waals surface area contributed by atoms with Gasteiger partial charge < -0.3 is 20.7 Å². The van der Waals surface area contributed by atoms with Gasteiger partial charge in [0.25, 0.3) is 5.91 Å². The van der Waals surface area contributed by atoms with E-state index in [0.717, 1.165) is 12.1 Å². The van der Waals surface area contributed by atoms with Crippen LogP contribution in [0.2, 0.25) is 0 Å². The Balaban J connectivity index is 1.49. The Kier molecular flexibility index (Phi) is 4.12. The Hall–Kier alpha value is -2.87. The normalized spacial score (nSPS) is 24.5. The van der Waals surface area contributed by atoms with Gasteiger partial charge in [-0.2, -0.15) is 5.10 Å². The molecule has 3 heterocycles. The number of aromatic nitrogens is 2. The Bertz CT molecular complexity index is 862. The van der Waals surface area contributed by atoms with Crippen molar-refractivity contribution in [3.05, 3.63) is 36.2 Å². The molecule has 3 N–H and O–H groups in total. The summed E-state index contributed by atoms with van der Waals surface area (Å²) in [4.78, 5) is 24.6. The molecule has 0 bridgehead atoms. The van der Waals surface area contributed by atoms with Crippen LogP contribution in [0.4, 0.5) is 11.4 Å². The largest absolute Gasteiger partial charge is 0.479 e. The number of carbonyl (C=O) groups is 2. The molecule has 0 saturated carbocycles. The standard InChI is InChI=1S/C18H21N5O3/c1-10-17(24)22-15-5-12(3-4-16(15)26-10)21-18(25)14-8-19-7-13(14)11-6-20-23(2)9-11/h3-6,9-10,13-14,19H,7-8H2,1-2H3,(H,21,25)(H,22,24)/t10?,13-,14+/m1/s1. The average Bonchev–Trinajstić information content (AvgIpc) is 3.24. The van der Waals surface area contributed by atoms with E-state index in [-0.39, 0.29) is 23.7 Å². The van der Waals surface area contributed by atoms with E-state index in [9.17, 15) is 9.59 Å². The second-order valence-electron chi connectivity index (χ2n) is 6.77. The number of hydrogen-bond acceptors (Lipinski definition) is 5. The lowest BCUT2D eigenvalue weighted by Crippen LogP contribution is -2.34. The van der Waals surface area contributed by atoms with Crippen LogP contribution in [-0.4, -0.2) is 40.8 Å². The van der Waals surface area contributed by atoms with Gasteiger partial charge in [0.15, 0.2) is 6.10 Å². The van der Waals surface area contributed by atoms with E-state index in [4.69, 9.17) is 4.74 Å². The Labute approximate surface area is 150 Å². The molecule has 2 aliphatic rings. The fourth-order valence-electron chi connectivity index (χ4n) is 3.46. The van der Waals surface area contributed by atoms with Gasteiger partial charge in [0.1, 0.15) is 5.75 Å². The lowest BCUT2D eigenvalue weighted by molar-refractivity contribution is -0.122. The molecule has 1 unspecified atom stereocenters. The third-order valence-corrected chi connectivity index (χ3v) is 4.88. The summed E-state index contributed by atoms with van der Waals surface area (Å²) in [7, 11) is 1.87. The Morgan fingerprint density at radius 3 is 3.00 bits per heavy atom. The average molecular weight is 355 g/mol. The predicted molar refractivity (Wildman–Crippen MR) is 96.1 cm³/mol. The highest BCUT2D eigenvalue weighted by atomic mass is 16.5. The zero-order valence-corrected chi connectivity index (χ0v) is 14.7. The van der Waals surface area contributed by atoms with Crippen molar-refractivity contribution in [2.45, 2.75) is 18.9 Å². The first kappa shape index (κ1) is 16.6. The summed E-state index contributed by atoms with van der Waals surface area (Å²) in [6.07, 6.45) is 3.24. The third-order valence-electron chi connectivity index (χ3n) is 4.88. The van der Waals surface area contributed by atoms with Crippen LogP contribution in [0.25, 0.3) is 0 Å². The van der Waals surface area contributed by atoms with E-state index in [1.807, 2.05) is 19.4 Å². The quantitative estimate of drug-likeness (QED) is 0.766. The molecular formula is C18H21N5O3. The summed E-state index contributed by atoms with van der Waals surface area (Å²) in [5, 5.41) is 13.2. The Morgan fingerprint density at radius 2 is 2.23 bits per heavy atom. The maximum absolute atomic E-state index is 12.8. The van der Waals surface area contributed by atoms with Crippen molar-refractivity contribution in [1.82, 2.24) is 15.1 Å². The highest BCUT2D eigenvalue weighted by Crippen LogP contribution is 2.33. The minimum atomic E-state index is -0.521. The first-order valence-corrected chi connectivity index (χ1v) is 8.63. The SMILES string of the molecule is CC1Oc2ccc(NC(=O)[C@H]3CNC[C@@H]3c3cnn(C)c3)cc2NC1=O. The summed E-state index contributed by atoms with van der Waals surface area (Å²) in [6, 6.07) is 5.26. The smallest absolute Gasteiger partial charge is 0.265 e. The van der Waals surface area contributed by atoms with Gasteiger partial charge in [-0.1, -0.05) is 0 Å². The molecule has 1 saturated heterocycles. The monoisotopic (exact) mass is 355 g/mol. The van der Waals surface area contributed by atoms with Gasteiger partial charge in [-0.3, -0.25) is 14.3 Å². The zero-order valence-electron chi connectivity index (χ0n) is 14.7. The number of nitrogens with zero attached hydrogens (tertiary/aromatic N) is 2. The first-order valence-electron chi connectivity index (χ1n) is 8.63. The van der Waals surface area contributed by atoms with Crippen LogP contribution in [0.5, 0.6) is 5.75 Å². The van der Waals surface area contributed by atoms with Gasteiger partial charge in [-0.05, 0) is 30.7 Å². The van der Waals surface area contributed by atoms with Crippen LogP contribution < -0.4 is 20.7 Å². The minimum Gasteiger partial charge on any atom is -0.479 e. The second kappa shape index (κ2) is 6.45. The number of amides is 2. The van der Waals surface area contributed by atoms with Crippen molar-refractivity contribution in [2.24, 2.45) is 13.0 Å². The number of fused-ring (bicyclic) bond motifs is 1. The van der Waals surface area contributed by atoms with Crippen molar-refractivity contribution < 1.29 is 14.3 Å². The molecule has 1 aromatic carbocycles. The number of benzene rings is 1. The number of nitrogens with one attached hydrogen (secondary N) is 3. The fourth-order valence-corrected chi connectivity index (χ4v) is 3.46. The van der Waals surface area contributed by atoms with Gasteiger partial charge in [0.2, 0.25) is 5.91 Å². The molecule has 2 aromatic rings.